The molecule has 3 heterocycles. The molecule has 0 bridgehead atoms. The highest BCUT2D eigenvalue weighted by molar-refractivity contribution is 5.93. The fourth-order valence-corrected chi connectivity index (χ4v) is 5.26. The number of benzene rings is 2. The van der Waals surface area contributed by atoms with E-state index < -0.39 is 0 Å². The number of likely N-dealkylation sites (tertiary alicyclic amines) is 1. The SMILES string of the molecule is O=C1Cc2c(ccc3ccccc23)C2(CCN(CC3CCCCO3)CC2)N1. The zero-order valence-corrected chi connectivity index (χ0v) is 15.9. The molecule has 3 aliphatic heterocycles. The van der Waals surface area contributed by atoms with Crippen molar-refractivity contribution in [3.8, 4) is 0 Å². The number of carbonyl (C=O) groups excluding carboxylic acids is 1. The maximum Gasteiger partial charge on any atom is 0.225 e. The van der Waals surface area contributed by atoms with Gasteiger partial charge in [0.15, 0.2) is 0 Å². The maximum atomic E-state index is 12.6. The molecule has 4 heteroatoms. The first-order valence-corrected chi connectivity index (χ1v) is 10.4. The van der Waals surface area contributed by atoms with E-state index in [0.717, 1.165) is 39.1 Å². The van der Waals surface area contributed by atoms with Gasteiger partial charge in [0.1, 0.15) is 0 Å². The fraction of sp³-hybridized carbons (Fsp3) is 0.522. The summed E-state index contributed by atoms with van der Waals surface area (Å²) in [6, 6.07) is 12.9. The van der Waals surface area contributed by atoms with Crippen molar-refractivity contribution in [1.82, 2.24) is 10.2 Å². The molecule has 27 heavy (non-hydrogen) atoms. The lowest BCUT2D eigenvalue weighted by atomic mass is 9.74. The Kier molecular flexibility index (Phi) is 4.41. The van der Waals surface area contributed by atoms with Crippen molar-refractivity contribution >= 4 is 16.7 Å². The molecule has 3 aliphatic rings. The second-order valence-electron chi connectivity index (χ2n) is 8.41. The molecule has 0 radical (unpaired) electrons. The van der Waals surface area contributed by atoms with E-state index in [0.29, 0.717) is 12.5 Å². The van der Waals surface area contributed by atoms with E-state index in [2.05, 4.69) is 46.6 Å². The van der Waals surface area contributed by atoms with Crippen LogP contribution in [0.25, 0.3) is 10.8 Å². The lowest BCUT2D eigenvalue weighted by Crippen LogP contribution is -2.56. The highest BCUT2D eigenvalue weighted by Crippen LogP contribution is 2.40. The molecule has 2 aromatic carbocycles. The van der Waals surface area contributed by atoms with Crippen molar-refractivity contribution in [3.63, 3.8) is 0 Å². The lowest BCUT2D eigenvalue weighted by Gasteiger charge is -2.46. The minimum atomic E-state index is -0.196. The van der Waals surface area contributed by atoms with Gasteiger partial charge < -0.3 is 15.0 Å². The minimum Gasteiger partial charge on any atom is -0.377 e. The second kappa shape index (κ2) is 6.92. The molecule has 0 aliphatic carbocycles. The summed E-state index contributed by atoms with van der Waals surface area (Å²) in [6.07, 6.45) is 6.54. The number of nitrogens with one attached hydrogen (secondary N) is 1. The molecule has 2 aromatic rings. The summed E-state index contributed by atoms with van der Waals surface area (Å²) in [5.41, 5.74) is 2.38. The number of nitrogens with zero attached hydrogens (tertiary/aromatic N) is 1. The molecule has 1 N–H and O–H groups in total. The van der Waals surface area contributed by atoms with Crippen LogP contribution in [-0.4, -0.2) is 43.2 Å². The zero-order valence-electron chi connectivity index (χ0n) is 15.9. The van der Waals surface area contributed by atoms with Crippen molar-refractivity contribution in [3.05, 3.63) is 47.5 Å². The van der Waals surface area contributed by atoms with Gasteiger partial charge in [-0.3, -0.25) is 4.79 Å². The smallest absolute Gasteiger partial charge is 0.225 e. The van der Waals surface area contributed by atoms with Gasteiger partial charge in [0, 0.05) is 26.2 Å². The summed E-state index contributed by atoms with van der Waals surface area (Å²) in [4.78, 5) is 15.1. The topological polar surface area (TPSA) is 41.6 Å². The minimum absolute atomic E-state index is 0.169. The first-order valence-electron chi connectivity index (χ1n) is 10.4. The highest BCUT2D eigenvalue weighted by atomic mass is 16.5. The number of hydrogen-bond donors (Lipinski definition) is 1. The van der Waals surface area contributed by atoms with Crippen LogP contribution in [0.2, 0.25) is 0 Å². The summed E-state index contributed by atoms with van der Waals surface area (Å²) < 4.78 is 5.93. The van der Waals surface area contributed by atoms with Gasteiger partial charge >= 0.3 is 0 Å². The first kappa shape index (κ1) is 17.2. The van der Waals surface area contributed by atoms with Crippen molar-refractivity contribution in [2.75, 3.05) is 26.2 Å². The molecule has 2 saturated heterocycles. The molecule has 0 saturated carbocycles. The van der Waals surface area contributed by atoms with Crippen LogP contribution in [0, 0.1) is 0 Å². The Morgan fingerprint density at radius 2 is 1.96 bits per heavy atom. The monoisotopic (exact) mass is 364 g/mol. The molecular formula is C23H28N2O2. The van der Waals surface area contributed by atoms with Gasteiger partial charge in [0.25, 0.3) is 0 Å². The third kappa shape index (κ3) is 3.15. The number of carbonyl (C=O) groups is 1. The Morgan fingerprint density at radius 3 is 2.78 bits per heavy atom. The van der Waals surface area contributed by atoms with E-state index in [-0.39, 0.29) is 11.4 Å². The van der Waals surface area contributed by atoms with Crippen LogP contribution in [0.4, 0.5) is 0 Å². The predicted molar refractivity (Wildman–Crippen MR) is 107 cm³/mol. The quantitative estimate of drug-likeness (QED) is 0.888. The number of rotatable bonds is 2. The largest absolute Gasteiger partial charge is 0.377 e. The Labute approximate surface area is 160 Å². The Morgan fingerprint density at radius 1 is 1.11 bits per heavy atom. The molecule has 142 valence electrons. The number of hydrogen-bond acceptors (Lipinski definition) is 3. The standard InChI is InChI=1S/C23H28N2O2/c26-22-15-20-19-7-2-1-5-17(19)8-9-21(20)23(24-22)10-12-25(13-11-23)16-18-6-3-4-14-27-18/h1-2,5,7-9,18H,3-4,6,10-16H2,(H,24,26). The Balaban J connectivity index is 1.40. The van der Waals surface area contributed by atoms with Gasteiger partial charge in [0.05, 0.1) is 18.1 Å². The van der Waals surface area contributed by atoms with Crippen LogP contribution in [0.5, 0.6) is 0 Å². The molecule has 0 aromatic heterocycles. The van der Waals surface area contributed by atoms with Crippen molar-refractivity contribution in [2.45, 2.75) is 50.2 Å². The predicted octanol–water partition coefficient (Wildman–Crippen LogP) is 3.37. The summed E-state index contributed by atoms with van der Waals surface area (Å²) >= 11 is 0. The van der Waals surface area contributed by atoms with E-state index in [1.807, 2.05) is 0 Å². The molecule has 2 fully saturated rings. The molecular weight excluding hydrogens is 336 g/mol. The van der Waals surface area contributed by atoms with Crippen LogP contribution in [0.15, 0.2) is 36.4 Å². The zero-order chi connectivity index (χ0) is 18.3. The molecule has 5 rings (SSSR count). The van der Waals surface area contributed by atoms with E-state index in [1.54, 1.807) is 0 Å². The normalized spacial score (nSPS) is 25.3. The van der Waals surface area contributed by atoms with Crippen molar-refractivity contribution < 1.29 is 9.53 Å². The summed E-state index contributed by atoms with van der Waals surface area (Å²) in [7, 11) is 0. The number of fused-ring (bicyclic) bond motifs is 4. The fourth-order valence-electron chi connectivity index (χ4n) is 5.26. The molecule has 1 spiro atoms. The summed E-state index contributed by atoms with van der Waals surface area (Å²) in [5.74, 6) is 0.169. The van der Waals surface area contributed by atoms with Crippen LogP contribution in [0.3, 0.4) is 0 Å². The number of piperidine rings is 1. The number of amides is 1. The van der Waals surface area contributed by atoms with E-state index >= 15 is 0 Å². The van der Waals surface area contributed by atoms with Crippen LogP contribution in [-0.2, 0) is 21.5 Å². The molecule has 1 amide bonds. The molecule has 1 atom stereocenters. The van der Waals surface area contributed by atoms with Gasteiger partial charge in [0.2, 0.25) is 5.91 Å². The third-order valence-corrected chi connectivity index (χ3v) is 6.72. The van der Waals surface area contributed by atoms with Gasteiger partial charge in [-0.05, 0) is 54.0 Å². The second-order valence-corrected chi connectivity index (χ2v) is 8.41. The first-order chi connectivity index (χ1) is 13.2. The van der Waals surface area contributed by atoms with E-state index in [1.165, 1.54) is 41.2 Å². The van der Waals surface area contributed by atoms with Crippen LogP contribution in [0.1, 0.15) is 43.2 Å². The lowest BCUT2D eigenvalue weighted by molar-refractivity contribution is -0.124. The van der Waals surface area contributed by atoms with Gasteiger partial charge in [-0.25, -0.2) is 0 Å². The highest BCUT2D eigenvalue weighted by Gasteiger charge is 2.42. The van der Waals surface area contributed by atoms with Gasteiger partial charge in [-0.15, -0.1) is 0 Å². The average molecular weight is 364 g/mol. The summed E-state index contributed by atoms with van der Waals surface area (Å²) in [6.45, 7) is 3.99. The Hall–Kier alpha value is -1.91. The summed E-state index contributed by atoms with van der Waals surface area (Å²) in [5, 5.41) is 5.85. The maximum absolute atomic E-state index is 12.6. The van der Waals surface area contributed by atoms with E-state index in [4.69, 9.17) is 4.74 Å². The molecule has 1 unspecified atom stereocenters. The van der Waals surface area contributed by atoms with Crippen molar-refractivity contribution in [1.29, 1.82) is 0 Å². The van der Waals surface area contributed by atoms with Crippen LogP contribution >= 0.6 is 0 Å². The van der Waals surface area contributed by atoms with Crippen LogP contribution < -0.4 is 5.32 Å². The molecule has 4 nitrogen and oxygen atoms in total. The Bertz CT molecular complexity index is 849. The number of ether oxygens (including phenoxy) is 1. The van der Waals surface area contributed by atoms with Crippen molar-refractivity contribution in [2.24, 2.45) is 0 Å². The average Bonchev–Trinajstić information content (AvgIpc) is 2.70. The van der Waals surface area contributed by atoms with Gasteiger partial charge in [-0.1, -0.05) is 36.4 Å². The van der Waals surface area contributed by atoms with E-state index in [9.17, 15) is 4.79 Å². The third-order valence-electron chi connectivity index (χ3n) is 6.72. The van der Waals surface area contributed by atoms with Gasteiger partial charge in [-0.2, -0.15) is 0 Å².